The van der Waals surface area contributed by atoms with Crippen LogP contribution < -0.4 is 14.2 Å². The molecule has 0 aliphatic heterocycles. The highest BCUT2D eigenvalue weighted by molar-refractivity contribution is 7.89. The molecule has 1 N–H and O–H groups in total. The lowest BCUT2D eigenvalue weighted by Crippen LogP contribution is -2.28. The van der Waals surface area contributed by atoms with Crippen molar-refractivity contribution in [3.05, 3.63) is 53.1 Å². The molecule has 0 unspecified atom stereocenters. The Morgan fingerprint density at radius 1 is 1.07 bits per heavy atom. The summed E-state index contributed by atoms with van der Waals surface area (Å²) in [7, 11) is -2.49. The number of methoxy groups -OCH3 is 1. The molecule has 27 heavy (non-hydrogen) atoms. The van der Waals surface area contributed by atoms with E-state index >= 15 is 0 Å². The number of sulfonamides is 1. The highest BCUT2D eigenvalue weighted by Gasteiger charge is 2.30. The van der Waals surface area contributed by atoms with Crippen molar-refractivity contribution in [3.63, 3.8) is 0 Å². The van der Waals surface area contributed by atoms with Gasteiger partial charge in [-0.15, -0.1) is 0 Å². The average Bonchev–Trinajstić information content (AvgIpc) is 2.60. The normalized spacial score (nSPS) is 12.1. The summed E-state index contributed by atoms with van der Waals surface area (Å²) in [6.07, 6.45) is -4.47. The van der Waals surface area contributed by atoms with E-state index in [-0.39, 0.29) is 29.5 Å². The minimum Gasteiger partial charge on any atom is -0.495 e. The first kappa shape index (κ1) is 21.0. The third-order valence-corrected chi connectivity index (χ3v) is 5.38. The van der Waals surface area contributed by atoms with Crippen molar-refractivity contribution in [2.75, 3.05) is 20.3 Å². The molecule has 0 radical (unpaired) electrons. The third-order valence-electron chi connectivity index (χ3n) is 3.89. The minimum atomic E-state index is -4.47. The lowest BCUT2D eigenvalue weighted by Gasteiger charge is -2.14. The second kappa shape index (κ2) is 8.18. The Balaban J connectivity index is 2.02. The molecule has 0 aliphatic rings. The van der Waals surface area contributed by atoms with Gasteiger partial charge in [0.1, 0.15) is 23.0 Å². The van der Waals surface area contributed by atoms with Gasteiger partial charge in [0.25, 0.3) is 0 Å². The number of aryl methyl sites for hydroxylation is 2. The standard InChI is InChI=1S/C18H20F3NO4S/c1-12-9-16(25-3)17(10-13(12)2)27(23,24)22-7-8-26-15-6-4-5-14(11-15)18(19,20)21/h4-6,9-11,22H,7-8H2,1-3H3. The molecule has 0 aromatic heterocycles. The van der Waals surface area contributed by atoms with Gasteiger partial charge >= 0.3 is 6.18 Å². The number of halogens is 3. The van der Waals surface area contributed by atoms with Crippen molar-refractivity contribution < 1.29 is 31.1 Å². The Bertz CT molecular complexity index is 911. The Hall–Kier alpha value is -2.26. The number of rotatable bonds is 7. The lowest BCUT2D eigenvalue weighted by atomic mass is 10.1. The van der Waals surface area contributed by atoms with Crippen LogP contribution in [-0.2, 0) is 16.2 Å². The topological polar surface area (TPSA) is 64.6 Å². The van der Waals surface area contributed by atoms with Crippen molar-refractivity contribution in [1.29, 1.82) is 0 Å². The first-order valence-corrected chi connectivity index (χ1v) is 9.48. The van der Waals surface area contributed by atoms with Gasteiger partial charge in [0.15, 0.2) is 0 Å². The van der Waals surface area contributed by atoms with Gasteiger partial charge in [0.05, 0.1) is 12.7 Å². The zero-order chi connectivity index (χ0) is 20.2. The molecule has 0 aliphatic carbocycles. The molecule has 148 valence electrons. The highest BCUT2D eigenvalue weighted by Crippen LogP contribution is 2.31. The van der Waals surface area contributed by atoms with Crippen molar-refractivity contribution >= 4 is 10.0 Å². The monoisotopic (exact) mass is 403 g/mol. The van der Waals surface area contributed by atoms with Gasteiger partial charge in [-0.25, -0.2) is 13.1 Å². The van der Waals surface area contributed by atoms with Crippen molar-refractivity contribution in [1.82, 2.24) is 4.72 Å². The fourth-order valence-corrected chi connectivity index (χ4v) is 3.56. The molecule has 0 bridgehead atoms. The smallest absolute Gasteiger partial charge is 0.416 e. The number of ether oxygens (including phenoxy) is 2. The van der Waals surface area contributed by atoms with Crippen molar-refractivity contribution in [2.24, 2.45) is 0 Å². The predicted octanol–water partition coefficient (Wildman–Crippen LogP) is 3.69. The molecule has 0 amide bonds. The zero-order valence-corrected chi connectivity index (χ0v) is 15.9. The second-order valence-electron chi connectivity index (χ2n) is 5.86. The molecule has 9 heteroatoms. The molecule has 0 saturated heterocycles. The molecule has 0 saturated carbocycles. The molecule has 2 aromatic rings. The first-order chi connectivity index (χ1) is 12.5. The number of benzene rings is 2. The van der Waals surface area contributed by atoms with Crippen LogP contribution in [0.15, 0.2) is 41.3 Å². The summed E-state index contributed by atoms with van der Waals surface area (Å²) in [6.45, 7) is 3.37. The van der Waals surface area contributed by atoms with Crippen LogP contribution in [0.3, 0.4) is 0 Å². The largest absolute Gasteiger partial charge is 0.495 e. The summed E-state index contributed by atoms with van der Waals surface area (Å²) in [5.74, 6) is 0.220. The highest BCUT2D eigenvalue weighted by atomic mass is 32.2. The summed E-state index contributed by atoms with van der Waals surface area (Å²) in [4.78, 5) is -0.00725. The van der Waals surface area contributed by atoms with Gasteiger partial charge < -0.3 is 9.47 Å². The quantitative estimate of drug-likeness (QED) is 0.717. The summed E-state index contributed by atoms with van der Waals surface area (Å²) >= 11 is 0. The van der Waals surface area contributed by atoms with E-state index in [9.17, 15) is 21.6 Å². The van der Waals surface area contributed by atoms with E-state index in [1.165, 1.54) is 25.3 Å². The molecule has 0 atom stereocenters. The maximum Gasteiger partial charge on any atom is 0.416 e. The number of hydrogen-bond acceptors (Lipinski definition) is 4. The van der Waals surface area contributed by atoms with Crippen LogP contribution in [0, 0.1) is 13.8 Å². The van der Waals surface area contributed by atoms with Gasteiger partial charge in [-0.3, -0.25) is 0 Å². The number of nitrogens with one attached hydrogen (secondary N) is 1. The predicted molar refractivity (Wildman–Crippen MR) is 94.6 cm³/mol. The molecule has 0 fully saturated rings. The van der Waals surface area contributed by atoms with E-state index in [1.807, 2.05) is 6.92 Å². The summed E-state index contributed by atoms with van der Waals surface area (Å²) in [5, 5.41) is 0. The summed E-state index contributed by atoms with van der Waals surface area (Å²) in [6, 6.07) is 7.52. The van der Waals surface area contributed by atoms with E-state index in [0.717, 1.165) is 23.3 Å². The van der Waals surface area contributed by atoms with E-state index in [1.54, 1.807) is 13.0 Å². The number of alkyl halides is 3. The van der Waals surface area contributed by atoms with Crippen LogP contribution >= 0.6 is 0 Å². The number of hydrogen-bond donors (Lipinski definition) is 1. The SMILES string of the molecule is COc1cc(C)c(C)cc1S(=O)(=O)NCCOc1cccc(C(F)(F)F)c1. The molecule has 0 spiro atoms. The van der Waals surface area contributed by atoms with Gasteiger partial charge in [-0.05, 0) is 55.3 Å². The van der Waals surface area contributed by atoms with E-state index < -0.39 is 21.8 Å². The molecule has 5 nitrogen and oxygen atoms in total. The van der Waals surface area contributed by atoms with Gasteiger partial charge in [-0.1, -0.05) is 6.07 Å². The molecular weight excluding hydrogens is 383 g/mol. The molecule has 2 rings (SSSR count). The Morgan fingerprint density at radius 2 is 1.74 bits per heavy atom. The fraction of sp³-hybridized carbons (Fsp3) is 0.333. The zero-order valence-electron chi connectivity index (χ0n) is 15.1. The van der Waals surface area contributed by atoms with E-state index in [2.05, 4.69) is 4.72 Å². The Labute approximate surface area is 156 Å². The lowest BCUT2D eigenvalue weighted by molar-refractivity contribution is -0.137. The van der Waals surface area contributed by atoms with Gasteiger partial charge in [0, 0.05) is 6.54 Å². The van der Waals surface area contributed by atoms with Crippen LogP contribution in [0.2, 0.25) is 0 Å². The summed E-state index contributed by atoms with van der Waals surface area (Å²) in [5.41, 5.74) is 0.843. The molecule has 2 aromatic carbocycles. The van der Waals surface area contributed by atoms with Crippen LogP contribution in [0.1, 0.15) is 16.7 Å². The Morgan fingerprint density at radius 3 is 2.37 bits per heavy atom. The van der Waals surface area contributed by atoms with Gasteiger partial charge in [-0.2, -0.15) is 13.2 Å². The van der Waals surface area contributed by atoms with E-state index in [4.69, 9.17) is 9.47 Å². The fourth-order valence-electron chi connectivity index (χ4n) is 2.32. The average molecular weight is 403 g/mol. The van der Waals surface area contributed by atoms with Crippen LogP contribution in [0.4, 0.5) is 13.2 Å². The maximum absolute atomic E-state index is 12.7. The van der Waals surface area contributed by atoms with Crippen molar-refractivity contribution in [2.45, 2.75) is 24.9 Å². The summed E-state index contributed by atoms with van der Waals surface area (Å²) < 4.78 is 75.7. The Kier molecular flexibility index (Phi) is 6.38. The third kappa shape index (κ3) is 5.36. The molecular formula is C18H20F3NO4S. The van der Waals surface area contributed by atoms with Crippen LogP contribution in [0.5, 0.6) is 11.5 Å². The van der Waals surface area contributed by atoms with Crippen LogP contribution in [0.25, 0.3) is 0 Å². The van der Waals surface area contributed by atoms with Crippen LogP contribution in [-0.4, -0.2) is 28.7 Å². The molecule has 0 heterocycles. The van der Waals surface area contributed by atoms with Crippen molar-refractivity contribution in [3.8, 4) is 11.5 Å². The maximum atomic E-state index is 12.7. The second-order valence-corrected chi connectivity index (χ2v) is 7.59. The minimum absolute atomic E-state index is 0.00721. The van der Waals surface area contributed by atoms with Gasteiger partial charge in [0.2, 0.25) is 10.0 Å². The first-order valence-electron chi connectivity index (χ1n) is 7.99. The van der Waals surface area contributed by atoms with E-state index in [0.29, 0.717) is 0 Å².